The Labute approximate surface area is 179 Å². The zero-order chi connectivity index (χ0) is 21.1. The van der Waals surface area contributed by atoms with Crippen LogP contribution in [-0.4, -0.2) is 24.1 Å². The molecule has 1 amide bonds. The molecule has 3 aromatic carbocycles. The number of anilines is 1. The van der Waals surface area contributed by atoms with E-state index in [0.29, 0.717) is 17.0 Å². The smallest absolute Gasteiger partial charge is 0.255 e. The number of hydrogen-bond donors (Lipinski definition) is 1. The van der Waals surface area contributed by atoms with Crippen LogP contribution in [0.5, 0.6) is 11.5 Å². The van der Waals surface area contributed by atoms with Crippen LogP contribution in [0.15, 0.2) is 66.7 Å². The monoisotopic (exact) mass is 418 g/mol. The summed E-state index contributed by atoms with van der Waals surface area (Å²) >= 11 is 1.62. The summed E-state index contributed by atoms with van der Waals surface area (Å²) in [6, 6.07) is 20.8. The van der Waals surface area contributed by atoms with E-state index in [1.165, 1.54) is 0 Å². The van der Waals surface area contributed by atoms with Crippen molar-refractivity contribution in [3.05, 3.63) is 72.3 Å². The van der Waals surface area contributed by atoms with Crippen LogP contribution in [-0.2, 0) is 0 Å². The third-order valence-corrected chi connectivity index (χ3v) is 5.56. The van der Waals surface area contributed by atoms with Crippen LogP contribution >= 0.6 is 11.3 Å². The second-order valence-corrected chi connectivity index (χ2v) is 8.08. The van der Waals surface area contributed by atoms with Crippen molar-refractivity contribution in [2.24, 2.45) is 0 Å². The number of thiazole rings is 1. The molecule has 0 saturated carbocycles. The molecule has 0 aliphatic heterocycles. The Morgan fingerprint density at radius 3 is 2.50 bits per heavy atom. The van der Waals surface area contributed by atoms with Crippen molar-refractivity contribution in [3.8, 4) is 22.1 Å². The van der Waals surface area contributed by atoms with Gasteiger partial charge in [-0.3, -0.25) is 4.79 Å². The molecule has 0 atom stereocenters. The summed E-state index contributed by atoms with van der Waals surface area (Å²) in [5.41, 5.74) is 3.02. The number of rotatable bonds is 6. The quantitative estimate of drug-likeness (QED) is 0.416. The molecule has 30 heavy (non-hydrogen) atoms. The lowest BCUT2D eigenvalue weighted by Crippen LogP contribution is -2.13. The molecule has 1 heterocycles. The molecule has 4 rings (SSSR count). The summed E-state index contributed by atoms with van der Waals surface area (Å²) in [5.74, 6) is 1.11. The van der Waals surface area contributed by atoms with Crippen molar-refractivity contribution in [1.82, 2.24) is 4.98 Å². The summed E-state index contributed by atoms with van der Waals surface area (Å²) in [6.07, 6.45) is 0.0826. The van der Waals surface area contributed by atoms with Gasteiger partial charge in [-0.15, -0.1) is 11.3 Å². The predicted molar refractivity (Wildman–Crippen MR) is 122 cm³/mol. The summed E-state index contributed by atoms with van der Waals surface area (Å²) < 4.78 is 12.2. The van der Waals surface area contributed by atoms with E-state index in [0.717, 1.165) is 26.5 Å². The van der Waals surface area contributed by atoms with Crippen LogP contribution in [0.3, 0.4) is 0 Å². The van der Waals surface area contributed by atoms with Gasteiger partial charge in [-0.2, -0.15) is 0 Å². The summed E-state index contributed by atoms with van der Waals surface area (Å²) in [5, 5.41) is 3.85. The third kappa shape index (κ3) is 4.28. The minimum atomic E-state index is -0.217. The fourth-order valence-electron chi connectivity index (χ4n) is 3.09. The number of nitrogens with zero attached hydrogens (tertiary/aromatic N) is 1. The topological polar surface area (TPSA) is 60.5 Å². The number of benzene rings is 3. The van der Waals surface area contributed by atoms with Crippen LogP contribution in [0.4, 0.5) is 5.69 Å². The number of methoxy groups -OCH3 is 1. The Kier molecular flexibility index (Phi) is 5.68. The molecular weight excluding hydrogens is 396 g/mol. The Bertz CT molecular complexity index is 1150. The van der Waals surface area contributed by atoms with Gasteiger partial charge in [0, 0.05) is 11.1 Å². The number of fused-ring (bicyclic) bond motifs is 1. The third-order valence-electron chi connectivity index (χ3n) is 4.48. The number of para-hydroxylation sites is 1. The second-order valence-electron chi connectivity index (χ2n) is 7.05. The van der Waals surface area contributed by atoms with Crippen LogP contribution in [0.2, 0.25) is 0 Å². The number of hydrogen-bond acceptors (Lipinski definition) is 5. The lowest BCUT2D eigenvalue weighted by atomic mass is 10.1. The maximum Gasteiger partial charge on any atom is 0.255 e. The number of aromatic nitrogens is 1. The molecule has 0 unspecified atom stereocenters. The molecule has 4 aromatic rings. The van der Waals surface area contributed by atoms with E-state index >= 15 is 0 Å². The molecule has 0 saturated heterocycles. The molecule has 1 aromatic heterocycles. The van der Waals surface area contributed by atoms with Crippen molar-refractivity contribution >= 4 is 33.1 Å². The highest BCUT2D eigenvalue weighted by molar-refractivity contribution is 7.21. The number of amides is 1. The lowest BCUT2D eigenvalue weighted by Gasteiger charge is -2.12. The van der Waals surface area contributed by atoms with Crippen LogP contribution in [0.1, 0.15) is 24.2 Å². The van der Waals surface area contributed by atoms with Gasteiger partial charge in [0.05, 0.1) is 29.1 Å². The first-order valence-electron chi connectivity index (χ1n) is 9.65. The summed E-state index contributed by atoms with van der Waals surface area (Å²) in [4.78, 5) is 17.5. The fraction of sp³-hybridized carbons (Fsp3) is 0.167. The zero-order valence-corrected chi connectivity index (χ0v) is 17.8. The molecule has 0 aliphatic rings. The van der Waals surface area contributed by atoms with Crippen LogP contribution in [0, 0.1) is 0 Å². The van der Waals surface area contributed by atoms with Gasteiger partial charge < -0.3 is 14.8 Å². The largest absolute Gasteiger partial charge is 0.495 e. The molecule has 6 heteroatoms. The van der Waals surface area contributed by atoms with Gasteiger partial charge in [0.15, 0.2) is 0 Å². The fourth-order valence-corrected chi connectivity index (χ4v) is 4.05. The van der Waals surface area contributed by atoms with E-state index in [-0.39, 0.29) is 12.0 Å². The summed E-state index contributed by atoms with van der Waals surface area (Å²) in [7, 11) is 1.58. The first kappa shape index (κ1) is 19.9. The average Bonchev–Trinajstić information content (AvgIpc) is 3.18. The van der Waals surface area contributed by atoms with Gasteiger partial charge in [-0.25, -0.2) is 4.98 Å². The maximum absolute atomic E-state index is 12.8. The van der Waals surface area contributed by atoms with Crippen LogP contribution < -0.4 is 14.8 Å². The highest BCUT2D eigenvalue weighted by atomic mass is 32.1. The van der Waals surface area contributed by atoms with E-state index in [1.807, 2.05) is 50.2 Å². The SMILES string of the molecule is COc1ccc(-c2nc3ccccc3s2)cc1NC(=O)c1ccc(OC(C)C)cc1. The molecule has 0 radical (unpaired) electrons. The highest BCUT2D eigenvalue weighted by Gasteiger charge is 2.13. The zero-order valence-electron chi connectivity index (χ0n) is 17.0. The van der Waals surface area contributed by atoms with E-state index < -0.39 is 0 Å². The van der Waals surface area contributed by atoms with Crippen molar-refractivity contribution in [1.29, 1.82) is 0 Å². The minimum Gasteiger partial charge on any atom is -0.495 e. The van der Waals surface area contributed by atoms with Gasteiger partial charge in [-0.05, 0) is 68.4 Å². The van der Waals surface area contributed by atoms with E-state index in [4.69, 9.17) is 14.5 Å². The van der Waals surface area contributed by atoms with E-state index in [9.17, 15) is 4.79 Å². The first-order valence-corrected chi connectivity index (χ1v) is 10.5. The van der Waals surface area contributed by atoms with Crippen LogP contribution in [0.25, 0.3) is 20.8 Å². The van der Waals surface area contributed by atoms with Crippen molar-refractivity contribution in [3.63, 3.8) is 0 Å². The van der Waals surface area contributed by atoms with Gasteiger partial charge in [0.1, 0.15) is 16.5 Å². The molecule has 1 N–H and O–H groups in total. The number of ether oxygens (including phenoxy) is 2. The van der Waals surface area contributed by atoms with E-state index in [1.54, 1.807) is 42.7 Å². The standard InChI is InChI=1S/C24H22N2O3S/c1-15(2)29-18-11-8-16(9-12-18)23(27)25-20-14-17(10-13-21(20)28-3)24-26-19-6-4-5-7-22(19)30-24/h4-15H,1-3H3,(H,25,27). The maximum atomic E-state index is 12.8. The molecular formula is C24H22N2O3S. The first-order chi connectivity index (χ1) is 14.5. The molecule has 5 nitrogen and oxygen atoms in total. The van der Waals surface area contributed by atoms with Gasteiger partial charge in [-0.1, -0.05) is 12.1 Å². The summed E-state index contributed by atoms with van der Waals surface area (Å²) in [6.45, 7) is 3.93. The molecule has 0 fully saturated rings. The van der Waals surface area contributed by atoms with Crippen molar-refractivity contribution in [2.45, 2.75) is 20.0 Å². The number of nitrogens with one attached hydrogen (secondary N) is 1. The Morgan fingerprint density at radius 2 is 1.80 bits per heavy atom. The normalized spacial score (nSPS) is 10.9. The highest BCUT2D eigenvalue weighted by Crippen LogP contribution is 2.35. The molecule has 152 valence electrons. The Balaban J connectivity index is 1.59. The Hall–Kier alpha value is -3.38. The van der Waals surface area contributed by atoms with Gasteiger partial charge in [0.2, 0.25) is 0 Å². The second kappa shape index (κ2) is 8.55. The molecule has 0 spiro atoms. The number of carbonyl (C=O) groups excluding carboxylic acids is 1. The predicted octanol–water partition coefficient (Wildman–Crippen LogP) is 6.01. The van der Waals surface area contributed by atoms with Crippen molar-refractivity contribution in [2.75, 3.05) is 12.4 Å². The lowest BCUT2D eigenvalue weighted by molar-refractivity contribution is 0.102. The van der Waals surface area contributed by atoms with Gasteiger partial charge in [0.25, 0.3) is 5.91 Å². The molecule has 0 aliphatic carbocycles. The van der Waals surface area contributed by atoms with Crippen molar-refractivity contribution < 1.29 is 14.3 Å². The average molecular weight is 419 g/mol. The number of carbonyl (C=O) groups is 1. The van der Waals surface area contributed by atoms with E-state index in [2.05, 4.69) is 11.4 Å². The van der Waals surface area contributed by atoms with Gasteiger partial charge >= 0.3 is 0 Å². The Morgan fingerprint density at radius 1 is 1.03 bits per heavy atom. The molecule has 0 bridgehead atoms. The minimum absolute atomic E-state index is 0.0826.